The second-order valence-electron chi connectivity index (χ2n) is 8.83. The molecule has 1 saturated heterocycles. The summed E-state index contributed by atoms with van der Waals surface area (Å²) in [6.45, 7) is 1.19. The normalized spacial score (nSPS) is 16.6. The fraction of sp³-hybridized carbons (Fsp3) is 0.346. The maximum Gasteiger partial charge on any atom is 0.247 e. The SMILES string of the molecule is O=C(CC1C(=O)N(C(Cl)Cc2ccc(Cl)cc2)CC(=O)N1Cc1ccncc1)NCCCn1ccnc1. The van der Waals surface area contributed by atoms with Crippen molar-refractivity contribution < 1.29 is 14.4 Å². The highest BCUT2D eigenvalue weighted by Gasteiger charge is 2.42. The van der Waals surface area contributed by atoms with E-state index < -0.39 is 11.5 Å². The molecule has 37 heavy (non-hydrogen) atoms. The van der Waals surface area contributed by atoms with Crippen molar-refractivity contribution in [3.8, 4) is 0 Å². The molecule has 0 spiro atoms. The first kappa shape index (κ1) is 26.6. The average molecular weight is 543 g/mol. The van der Waals surface area contributed by atoms with Gasteiger partial charge in [-0.2, -0.15) is 0 Å². The summed E-state index contributed by atoms with van der Waals surface area (Å²) in [6, 6.07) is 9.76. The van der Waals surface area contributed by atoms with E-state index in [0.29, 0.717) is 31.0 Å². The molecule has 1 N–H and O–H groups in total. The van der Waals surface area contributed by atoms with Crippen molar-refractivity contribution in [3.05, 3.63) is 83.7 Å². The van der Waals surface area contributed by atoms with Gasteiger partial charge in [-0.05, 0) is 41.8 Å². The Morgan fingerprint density at radius 3 is 2.51 bits per heavy atom. The molecule has 3 aromatic rings. The molecule has 3 amide bonds. The molecular formula is C26H28Cl2N6O3. The number of alkyl halides is 1. The van der Waals surface area contributed by atoms with E-state index in [1.165, 1.54) is 9.80 Å². The fourth-order valence-electron chi connectivity index (χ4n) is 4.21. The number of aromatic nitrogens is 3. The predicted octanol–water partition coefficient (Wildman–Crippen LogP) is 2.88. The van der Waals surface area contributed by atoms with Gasteiger partial charge in [0.15, 0.2) is 0 Å². The number of hydrogen-bond donors (Lipinski definition) is 1. The van der Waals surface area contributed by atoms with E-state index in [2.05, 4.69) is 15.3 Å². The largest absolute Gasteiger partial charge is 0.356 e. The number of nitrogens with one attached hydrogen (secondary N) is 1. The Hall–Kier alpha value is -3.43. The molecule has 1 aliphatic rings. The summed E-state index contributed by atoms with van der Waals surface area (Å²) in [7, 11) is 0. The van der Waals surface area contributed by atoms with E-state index in [1.54, 1.807) is 49.2 Å². The van der Waals surface area contributed by atoms with Gasteiger partial charge >= 0.3 is 0 Å². The van der Waals surface area contributed by atoms with Crippen molar-refractivity contribution in [2.75, 3.05) is 13.1 Å². The fourth-order valence-corrected chi connectivity index (χ4v) is 4.68. The van der Waals surface area contributed by atoms with Gasteiger partial charge in [-0.15, -0.1) is 0 Å². The molecule has 2 unspecified atom stereocenters. The topological polar surface area (TPSA) is 100 Å². The van der Waals surface area contributed by atoms with Gasteiger partial charge in [0.2, 0.25) is 17.7 Å². The van der Waals surface area contributed by atoms with E-state index in [-0.39, 0.29) is 37.2 Å². The van der Waals surface area contributed by atoms with Gasteiger partial charge in [-0.3, -0.25) is 19.4 Å². The number of pyridine rings is 1. The van der Waals surface area contributed by atoms with E-state index in [4.69, 9.17) is 23.2 Å². The number of piperazine rings is 1. The van der Waals surface area contributed by atoms with Gasteiger partial charge in [0.1, 0.15) is 18.1 Å². The summed E-state index contributed by atoms with van der Waals surface area (Å²) in [5, 5.41) is 3.46. The summed E-state index contributed by atoms with van der Waals surface area (Å²) in [5.74, 6) is -0.922. The standard InChI is InChI=1S/C26H28Cl2N6O3/c27-21-4-2-19(3-5-21)14-23(28)34-17-25(36)33(16-20-6-9-29-10-7-20)22(26(34)37)15-24(35)31-8-1-12-32-13-11-30-18-32/h2-7,9-11,13,18,22-23H,1,8,12,14-17H2,(H,31,35). The van der Waals surface area contributed by atoms with E-state index in [9.17, 15) is 14.4 Å². The highest BCUT2D eigenvalue weighted by Crippen LogP contribution is 2.24. The van der Waals surface area contributed by atoms with Crippen molar-refractivity contribution >= 4 is 40.9 Å². The number of carbonyl (C=O) groups excluding carboxylic acids is 3. The first-order valence-electron chi connectivity index (χ1n) is 12.0. The highest BCUT2D eigenvalue weighted by molar-refractivity contribution is 6.30. The van der Waals surface area contributed by atoms with Crippen LogP contribution in [0.5, 0.6) is 0 Å². The number of benzene rings is 1. The van der Waals surface area contributed by atoms with Crippen LogP contribution in [0.1, 0.15) is 24.0 Å². The molecule has 3 heterocycles. The Bertz CT molecular complexity index is 1190. The summed E-state index contributed by atoms with van der Waals surface area (Å²) in [5.41, 5.74) is 0.955. The summed E-state index contributed by atoms with van der Waals surface area (Å²) < 4.78 is 1.92. The van der Waals surface area contributed by atoms with E-state index in [0.717, 1.165) is 11.1 Å². The number of imidazole rings is 1. The highest BCUT2D eigenvalue weighted by atomic mass is 35.5. The van der Waals surface area contributed by atoms with Crippen LogP contribution >= 0.6 is 23.2 Å². The van der Waals surface area contributed by atoms with Crippen LogP contribution in [0, 0.1) is 0 Å². The van der Waals surface area contributed by atoms with Crippen LogP contribution in [-0.4, -0.2) is 66.7 Å². The summed E-state index contributed by atoms with van der Waals surface area (Å²) in [4.78, 5) is 50.5. The number of hydrogen-bond acceptors (Lipinski definition) is 5. The number of amides is 3. The molecule has 9 nitrogen and oxygen atoms in total. The van der Waals surface area contributed by atoms with Crippen LogP contribution in [-0.2, 0) is 33.9 Å². The van der Waals surface area contributed by atoms with Gasteiger partial charge in [-0.1, -0.05) is 35.3 Å². The Morgan fingerprint density at radius 2 is 1.81 bits per heavy atom. The molecule has 1 aliphatic heterocycles. The van der Waals surface area contributed by atoms with Crippen LogP contribution < -0.4 is 5.32 Å². The van der Waals surface area contributed by atoms with Gasteiger partial charge in [0.05, 0.1) is 12.7 Å². The van der Waals surface area contributed by atoms with E-state index >= 15 is 0 Å². The summed E-state index contributed by atoms with van der Waals surface area (Å²) in [6.07, 6.45) is 9.42. The van der Waals surface area contributed by atoms with Crippen LogP contribution in [0.3, 0.4) is 0 Å². The Balaban J connectivity index is 1.44. The van der Waals surface area contributed by atoms with Crippen molar-refractivity contribution in [1.82, 2.24) is 29.7 Å². The molecule has 0 aliphatic carbocycles. The molecule has 4 rings (SSSR count). The first-order chi connectivity index (χ1) is 17.9. The lowest BCUT2D eigenvalue weighted by Gasteiger charge is -2.41. The third-order valence-electron chi connectivity index (χ3n) is 6.18. The molecule has 0 radical (unpaired) electrons. The zero-order chi connectivity index (χ0) is 26.2. The quantitative estimate of drug-likeness (QED) is 0.228. The maximum atomic E-state index is 13.6. The minimum Gasteiger partial charge on any atom is -0.356 e. The number of carbonyl (C=O) groups is 3. The monoisotopic (exact) mass is 542 g/mol. The first-order valence-corrected chi connectivity index (χ1v) is 12.8. The van der Waals surface area contributed by atoms with Crippen molar-refractivity contribution in [2.24, 2.45) is 0 Å². The number of halogens is 2. The third kappa shape index (κ3) is 7.30. The van der Waals surface area contributed by atoms with Gasteiger partial charge in [0, 0.05) is 55.9 Å². The molecule has 1 aromatic carbocycles. The van der Waals surface area contributed by atoms with Crippen molar-refractivity contribution in [2.45, 2.75) is 43.9 Å². The van der Waals surface area contributed by atoms with Crippen molar-refractivity contribution in [1.29, 1.82) is 0 Å². The second kappa shape index (κ2) is 12.7. The van der Waals surface area contributed by atoms with E-state index in [1.807, 2.05) is 22.9 Å². The molecule has 194 valence electrons. The van der Waals surface area contributed by atoms with Gasteiger partial charge < -0.3 is 19.7 Å². The Kier molecular flexibility index (Phi) is 9.14. The van der Waals surface area contributed by atoms with Gasteiger partial charge in [0.25, 0.3) is 0 Å². The lowest BCUT2D eigenvalue weighted by molar-refractivity contribution is -0.158. The van der Waals surface area contributed by atoms with Gasteiger partial charge in [-0.25, -0.2) is 4.98 Å². The molecule has 0 bridgehead atoms. The lowest BCUT2D eigenvalue weighted by atomic mass is 10.0. The maximum absolute atomic E-state index is 13.6. The van der Waals surface area contributed by atoms with Crippen LogP contribution in [0.25, 0.3) is 0 Å². The molecule has 11 heteroatoms. The molecule has 2 aromatic heterocycles. The number of rotatable bonds is 11. The zero-order valence-electron chi connectivity index (χ0n) is 20.2. The van der Waals surface area contributed by atoms with Crippen LogP contribution in [0.4, 0.5) is 0 Å². The van der Waals surface area contributed by atoms with Crippen LogP contribution in [0.2, 0.25) is 5.02 Å². The number of aryl methyl sites for hydroxylation is 1. The van der Waals surface area contributed by atoms with Crippen LogP contribution in [0.15, 0.2) is 67.5 Å². The lowest BCUT2D eigenvalue weighted by Crippen LogP contribution is -2.62. The second-order valence-corrected chi connectivity index (χ2v) is 9.77. The minimum absolute atomic E-state index is 0.151. The zero-order valence-corrected chi connectivity index (χ0v) is 21.7. The van der Waals surface area contributed by atoms with Crippen molar-refractivity contribution in [3.63, 3.8) is 0 Å². The average Bonchev–Trinajstić information content (AvgIpc) is 3.41. The smallest absolute Gasteiger partial charge is 0.247 e. The summed E-state index contributed by atoms with van der Waals surface area (Å²) >= 11 is 12.6. The molecule has 0 saturated carbocycles. The molecule has 1 fully saturated rings. The third-order valence-corrected chi connectivity index (χ3v) is 6.82. The number of nitrogens with zero attached hydrogens (tertiary/aromatic N) is 5. The molecule has 2 atom stereocenters. The molecular weight excluding hydrogens is 515 g/mol. The minimum atomic E-state index is -0.963. The Morgan fingerprint density at radius 1 is 1.05 bits per heavy atom. The predicted molar refractivity (Wildman–Crippen MR) is 140 cm³/mol. The Labute approximate surface area is 225 Å².